The highest BCUT2D eigenvalue weighted by molar-refractivity contribution is 7.97. The third-order valence-corrected chi connectivity index (χ3v) is 11.0. The molecule has 9 heteroatoms. The molecule has 5 nitrogen and oxygen atoms in total. The van der Waals surface area contributed by atoms with E-state index in [9.17, 15) is 13.0 Å². The van der Waals surface area contributed by atoms with Crippen molar-refractivity contribution in [1.82, 2.24) is 0 Å². The molecule has 0 heterocycles. The van der Waals surface area contributed by atoms with E-state index in [2.05, 4.69) is 0 Å². The second-order valence-electron chi connectivity index (χ2n) is 6.07. The Labute approximate surface area is 107 Å². The lowest BCUT2D eigenvalue weighted by Gasteiger charge is -2.30. The molecule has 0 amide bonds. The van der Waals surface area contributed by atoms with Crippen LogP contribution in [-0.2, 0) is 22.8 Å². The predicted molar refractivity (Wildman–Crippen MR) is 76.2 cm³/mol. The summed E-state index contributed by atoms with van der Waals surface area (Å²) < 4.78 is 46.2. The first-order valence-corrected chi connectivity index (χ1v) is 15.9. The Morgan fingerprint density at radius 2 is 1.24 bits per heavy atom. The number of rotatable bonds is 6. The van der Waals surface area contributed by atoms with E-state index in [-0.39, 0.29) is 0 Å². The zero-order chi connectivity index (χ0) is 14.1. The standard InChI is InChI=1S/C8H23O5PSSi2/c1-15(10,11)8-14(9,12-16(2,3)4)13-17(5,6)7/h8H2,1-7H3. The Kier molecular flexibility index (Phi) is 5.43. The highest BCUT2D eigenvalue weighted by Gasteiger charge is 2.39. The maximum absolute atomic E-state index is 12.5. The molecule has 0 unspecified atom stereocenters. The summed E-state index contributed by atoms with van der Waals surface area (Å²) in [7, 11) is -11.2. The van der Waals surface area contributed by atoms with Gasteiger partial charge < -0.3 is 8.43 Å². The molecule has 0 saturated heterocycles. The van der Waals surface area contributed by atoms with Gasteiger partial charge in [0, 0.05) is 6.26 Å². The van der Waals surface area contributed by atoms with Gasteiger partial charge in [-0.25, -0.2) is 8.42 Å². The minimum atomic E-state index is -3.55. The van der Waals surface area contributed by atoms with Crippen molar-refractivity contribution < 1.29 is 21.4 Å². The van der Waals surface area contributed by atoms with Gasteiger partial charge in [0.2, 0.25) is 0 Å². The van der Waals surface area contributed by atoms with Crippen LogP contribution in [0.1, 0.15) is 0 Å². The maximum Gasteiger partial charge on any atom is 0.326 e. The number of hydrogen-bond acceptors (Lipinski definition) is 5. The maximum atomic E-state index is 12.5. The van der Waals surface area contributed by atoms with E-state index >= 15 is 0 Å². The average molecular weight is 318 g/mol. The summed E-state index contributed by atoms with van der Waals surface area (Å²) in [6.07, 6.45) is 1.04. The van der Waals surface area contributed by atoms with E-state index in [1.54, 1.807) is 0 Å². The van der Waals surface area contributed by atoms with Crippen LogP contribution in [-0.4, -0.2) is 36.8 Å². The molecule has 0 radical (unpaired) electrons. The molecule has 0 saturated carbocycles. The summed E-state index contributed by atoms with van der Waals surface area (Å²) in [6.45, 7) is 11.1. The van der Waals surface area contributed by atoms with Crippen molar-refractivity contribution in [1.29, 1.82) is 0 Å². The molecule has 0 fully saturated rings. The van der Waals surface area contributed by atoms with Gasteiger partial charge in [0.15, 0.2) is 32.0 Å². The molecule has 0 aliphatic carbocycles. The second kappa shape index (κ2) is 5.26. The fourth-order valence-electron chi connectivity index (χ4n) is 1.19. The molecular weight excluding hydrogens is 295 g/mol. The summed E-state index contributed by atoms with van der Waals surface area (Å²) in [5, 5.41) is 0. The molecule has 0 aromatic carbocycles. The summed E-state index contributed by atoms with van der Waals surface area (Å²) in [5.74, 6) is 0. The third-order valence-electron chi connectivity index (χ3n) is 1.22. The fourth-order valence-corrected chi connectivity index (χ4v) is 12.0. The van der Waals surface area contributed by atoms with Gasteiger partial charge in [-0.15, -0.1) is 0 Å². The quantitative estimate of drug-likeness (QED) is 0.556. The lowest BCUT2D eigenvalue weighted by molar-refractivity contribution is 0.388. The number of hydrogen-bond donors (Lipinski definition) is 0. The van der Waals surface area contributed by atoms with Crippen molar-refractivity contribution >= 4 is 34.1 Å². The van der Waals surface area contributed by atoms with E-state index in [1.165, 1.54) is 0 Å². The minimum absolute atomic E-state index is 0.533. The van der Waals surface area contributed by atoms with E-state index < -0.39 is 39.6 Å². The Morgan fingerprint density at radius 3 is 1.41 bits per heavy atom. The molecule has 0 N–H and O–H groups in total. The molecule has 0 aromatic heterocycles. The largest absolute Gasteiger partial charge is 0.351 e. The first-order valence-electron chi connectivity index (χ1n) is 5.30. The zero-order valence-electron chi connectivity index (χ0n) is 11.6. The fraction of sp³-hybridized carbons (Fsp3) is 1.00. The SMILES string of the molecule is C[Si](C)(C)OP(=O)(CS(C)(=O)=O)O[Si](C)(C)C. The molecule has 0 aliphatic heterocycles. The predicted octanol–water partition coefficient (Wildman–Crippen LogP) is 2.88. The zero-order valence-corrected chi connectivity index (χ0v) is 15.3. The van der Waals surface area contributed by atoms with Crippen LogP contribution in [0.3, 0.4) is 0 Å². The Balaban J connectivity index is 5.17. The lowest BCUT2D eigenvalue weighted by atomic mass is 11.8. The van der Waals surface area contributed by atoms with Crippen molar-refractivity contribution in [2.45, 2.75) is 39.3 Å². The first-order chi connectivity index (χ1) is 7.12. The van der Waals surface area contributed by atoms with Gasteiger partial charge in [0.25, 0.3) is 0 Å². The first kappa shape index (κ1) is 17.5. The monoisotopic (exact) mass is 318 g/mol. The second-order valence-corrected chi connectivity index (χ2v) is 20.1. The Hall–Kier alpha value is 0.534. The molecule has 0 aliphatic rings. The minimum Gasteiger partial charge on any atom is -0.351 e. The lowest BCUT2D eigenvalue weighted by Crippen LogP contribution is -2.31. The molecular formula is C8H23O5PSSi2. The molecule has 17 heavy (non-hydrogen) atoms. The van der Waals surface area contributed by atoms with E-state index in [0.29, 0.717) is 0 Å². The van der Waals surface area contributed by atoms with Crippen LogP contribution in [0.2, 0.25) is 39.3 Å². The van der Waals surface area contributed by atoms with E-state index in [1.807, 2.05) is 39.3 Å². The van der Waals surface area contributed by atoms with E-state index in [0.717, 1.165) is 6.26 Å². The molecule has 0 rings (SSSR count). The topological polar surface area (TPSA) is 69.7 Å². The number of sulfone groups is 1. The van der Waals surface area contributed by atoms with Crippen LogP contribution >= 0.6 is 7.60 Å². The molecule has 0 atom stereocenters. The van der Waals surface area contributed by atoms with Gasteiger partial charge in [0.05, 0.1) is 0 Å². The molecule has 0 aromatic rings. The third kappa shape index (κ3) is 10.2. The van der Waals surface area contributed by atoms with Gasteiger partial charge in [0.1, 0.15) is 0 Å². The summed E-state index contributed by atoms with van der Waals surface area (Å²) >= 11 is 0. The van der Waals surface area contributed by atoms with Crippen LogP contribution in [0.5, 0.6) is 0 Å². The highest BCUT2D eigenvalue weighted by Crippen LogP contribution is 2.53. The van der Waals surface area contributed by atoms with Gasteiger partial charge in [-0.3, -0.25) is 4.57 Å². The van der Waals surface area contributed by atoms with Gasteiger partial charge in [-0.1, -0.05) is 0 Å². The van der Waals surface area contributed by atoms with Crippen molar-refractivity contribution in [3.05, 3.63) is 0 Å². The smallest absolute Gasteiger partial charge is 0.326 e. The van der Waals surface area contributed by atoms with Crippen LogP contribution in [0.4, 0.5) is 0 Å². The van der Waals surface area contributed by atoms with Crippen LogP contribution in [0.15, 0.2) is 0 Å². The molecule has 0 spiro atoms. The normalized spacial score (nSPS) is 15.0. The highest BCUT2D eigenvalue weighted by atomic mass is 32.2. The molecule has 104 valence electrons. The van der Waals surface area contributed by atoms with Crippen molar-refractivity contribution in [2.75, 3.05) is 11.7 Å². The van der Waals surface area contributed by atoms with Gasteiger partial charge in [-0.2, -0.15) is 0 Å². The van der Waals surface area contributed by atoms with Crippen molar-refractivity contribution in [3.8, 4) is 0 Å². The molecule has 0 bridgehead atoms. The van der Waals surface area contributed by atoms with Crippen LogP contribution in [0, 0.1) is 0 Å². The van der Waals surface area contributed by atoms with E-state index in [4.69, 9.17) is 8.43 Å². The van der Waals surface area contributed by atoms with Gasteiger partial charge >= 0.3 is 7.60 Å². The Morgan fingerprint density at radius 1 is 0.941 bits per heavy atom. The van der Waals surface area contributed by atoms with Crippen molar-refractivity contribution in [3.63, 3.8) is 0 Å². The van der Waals surface area contributed by atoms with Crippen molar-refractivity contribution in [2.24, 2.45) is 0 Å². The summed E-state index contributed by atoms with van der Waals surface area (Å²) in [6, 6.07) is 0. The average Bonchev–Trinajstić information content (AvgIpc) is 1.65. The van der Waals surface area contributed by atoms with Crippen LogP contribution in [0.25, 0.3) is 0 Å². The Bertz CT molecular complexity index is 387. The van der Waals surface area contributed by atoms with Crippen LogP contribution < -0.4 is 0 Å². The van der Waals surface area contributed by atoms with Gasteiger partial charge in [-0.05, 0) is 39.3 Å². The summed E-state index contributed by atoms with van der Waals surface area (Å²) in [5.41, 5.74) is -0.533. The summed E-state index contributed by atoms with van der Waals surface area (Å²) in [4.78, 5) is 0.